The minimum atomic E-state index is -0.754. The van der Waals surface area contributed by atoms with Gasteiger partial charge in [-0.15, -0.1) is 10.2 Å². The lowest BCUT2D eigenvalue weighted by Crippen LogP contribution is -2.20. The van der Waals surface area contributed by atoms with Crippen LogP contribution in [0.25, 0.3) is 5.69 Å². The van der Waals surface area contributed by atoms with Gasteiger partial charge in [-0.05, 0) is 24.3 Å². The maximum atomic E-state index is 13.5. The van der Waals surface area contributed by atoms with Gasteiger partial charge in [-0.25, -0.2) is 4.39 Å². The van der Waals surface area contributed by atoms with Gasteiger partial charge in [0.25, 0.3) is 0 Å². The molecule has 3 rings (SSSR count). The third-order valence-electron chi connectivity index (χ3n) is 3.22. The smallest absolute Gasteiger partial charge is 0.195 e. The predicted molar refractivity (Wildman–Crippen MR) is 90.0 cm³/mol. The molecule has 124 valence electrons. The standard InChI is InChI=1S/C17H16FN3O2S/c18-15-8-4-5-9-16(15)23-10-14(22)11-24-17-20-19-12-21(17)13-6-2-1-3-7-13/h1-9,12,14,22H,10-11H2/t14-/m1/s1. The Labute approximate surface area is 143 Å². The van der Waals surface area contributed by atoms with Gasteiger partial charge in [0.05, 0.1) is 6.10 Å². The van der Waals surface area contributed by atoms with Gasteiger partial charge in [0, 0.05) is 11.4 Å². The summed E-state index contributed by atoms with van der Waals surface area (Å²) in [7, 11) is 0. The predicted octanol–water partition coefficient (Wildman–Crippen LogP) is 2.94. The van der Waals surface area contributed by atoms with Crippen molar-refractivity contribution in [1.29, 1.82) is 0 Å². The van der Waals surface area contributed by atoms with E-state index in [1.807, 2.05) is 34.9 Å². The van der Waals surface area contributed by atoms with E-state index in [0.29, 0.717) is 10.9 Å². The highest BCUT2D eigenvalue weighted by Gasteiger charge is 2.12. The highest BCUT2D eigenvalue weighted by Crippen LogP contribution is 2.21. The molecule has 0 bridgehead atoms. The van der Waals surface area contributed by atoms with Crippen molar-refractivity contribution in [2.75, 3.05) is 12.4 Å². The first-order valence-electron chi connectivity index (χ1n) is 7.37. The highest BCUT2D eigenvalue weighted by atomic mass is 32.2. The van der Waals surface area contributed by atoms with Crippen LogP contribution in [-0.4, -0.2) is 38.3 Å². The number of aromatic nitrogens is 3. The number of para-hydroxylation sites is 2. The van der Waals surface area contributed by atoms with E-state index < -0.39 is 11.9 Å². The zero-order valence-corrected chi connectivity index (χ0v) is 13.6. The number of thioether (sulfide) groups is 1. The zero-order chi connectivity index (χ0) is 16.8. The second-order valence-corrected chi connectivity index (χ2v) is 6.01. The maximum Gasteiger partial charge on any atom is 0.195 e. The molecule has 0 unspecified atom stereocenters. The first kappa shape index (κ1) is 16.5. The van der Waals surface area contributed by atoms with E-state index in [2.05, 4.69) is 10.2 Å². The number of nitrogens with zero attached hydrogens (tertiary/aromatic N) is 3. The second-order valence-electron chi connectivity index (χ2n) is 5.03. The fraction of sp³-hybridized carbons (Fsp3) is 0.176. The van der Waals surface area contributed by atoms with E-state index in [1.54, 1.807) is 18.5 Å². The molecule has 7 heteroatoms. The van der Waals surface area contributed by atoms with Crippen molar-refractivity contribution in [3.05, 3.63) is 66.7 Å². The van der Waals surface area contributed by atoms with Gasteiger partial charge >= 0.3 is 0 Å². The lowest BCUT2D eigenvalue weighted by Gasteiger charge is -2.12. The average Bonchev–Trinajstić information content (AvgIpc) is 3.08. The number of hydrogen-bond donors (Lipinski definition) is 1. The SMILES string of the molecule is O[C@H](COc1ccccc1F)CSc1nncn1-c1ccccc1. The Morgan fingerprint density at radius 1 is 1.12 bits per heavy atom. The van der Waals surface area contributed by atoms with Crippen LogP contribution in [0.3, 0.4) is 0 Å². The van der Waals surface area contributed by atoms with Crippen LogP contribution in [-0.2, 0) is 0 Å². The molecule has 0 aliphatic heterocycles. The molecule has 0 fully saturated rings. The Bertz CT molecular complexity index is 782. The largest absolute Gasteiger partial charge is 0.488 e. The molecule has 2 aromatic carbocycles. The number of aliphatic hydroxyl groups excluding tert-OH is 1. The number of hydrogen-bond acceptors (Lipinski definition) is 5. The van der Waals surface area contributed by atoms with Gasteiger partial charge < -0.3 is 9.84 Å². The lowest BCUT2D eigenvalue weighted by atomic mass is 10.3. The number of rotatable bonds is 7. The van der Waals surface area contributed by atoms with Crippen LogP contribution in [0.15, 0.2) is 66.1 Å². The monoisotopic (exact) mass is 345 g/mol. The third kappa shape index (κ3) is 4.12. The van der Waals surface area contributed by atoms with Gasteiger partial charge in [-0.2, -0.15) is 0 Å². The minimum absolute atomic E-state index is 0.00735. The van der Waals surface area contributed by atoms with Crippen LogP contribution in [0.4, 0.5) is 4.39 Å². The molecule has 0 aliphatic carbocycles. The van der Waals surface area contributed by atoms with E-state index in [0.717, 1.165) is 5.69 Å². The Balaban J connectivity index is 1.55. The molecule has 0 aliphatic rings. The summed E-state index contributed by atoms with van der Waals surface area (Å²) < 4.78 is 20.6. The minimum Gasteiger partial charge on any atom is -0.488 e. The molecule has 1 atom stereocenters. The van der Waals surface area contributed by atoms with Crippen LogP contribution < -0.4 is 4.74 Å². The van der Waals surface area contributed by atoms with Gasteiger partial charge in [-0.1, -0.05) is 42.1 Å². The lowest BCUT2D eigenvalue weighted by molar-refractivity contribution is 0.123. The van der Waals surface area contributed by atoms with E-state index in [9.17, 15) is 9.50 Å². The molecule has 0 saturated heterocycles. The van der Waals surface area contributed by atoms with E-state index >= 15 is 0 Å². The Morgan fingerprint density at radius 2 is 1.88 bits per heavy atom. The molecule has 0 saturated carbocycles. The van der Waals surface area contributed by atoms with Gasteiger partial charge in [0.15, 0.2) is 16.7 Å². The number of ether oxygens (including phenoxy) is 1. The average molecular weight is 345 g/mol. The number of benzene rings is 2. The molecule has 24 heavy (non-hydrogen) atoms. The molecule has 0 radical (unpaired) electrons. The summed E-state index contributed by atoms with van der Waals surface area (Å²) in [5.41, 5.74) is 0.946. The number of halogens is 1. The van der Waals surface area contributed by atoms with Crippen LogP contribution >= 0.6 is 11.8 Å². The van der Waals surface area contributed by atoms with Crippen molar-refractivity contribution in [2.45, 2.75) is 11.3 Å². The zero-order valence-electron chi connectivity index (χ0n) is 12.7. The van der Waals surface area contributed by atoms with Gasteiger partial charge in [0.1, 0.15) is 12.9 Å². The van der Waals surface area contributed by atoms with Crippen molar-refractivity contribution in [3.8, 4) is 11.4 Å². The second kappa shape index (κ2) is 7.94. The maximum absolute atomic E-state index is 13.5. The summed E-state index contributed by atoms with van der Waals surface area (Å²) in [5, 5.41) is 18.7. The van der Waals surface area contributed by atoms with Crippen molar-refractivity contribution >= 4 is 11.8 Å². The van der Waals surface area contributed by atoms with Crippen LogP contribution in [0, 0.1) is 5.82 Å². The molecule has 1 N–H and O–H groups in total. The molecular weight excluding hydrogens is 329 g/mol. The van der Waals surface area contributed by atoms with Crippen LogP contribution in [0.5, 0.6) is 5.75 Å². The van der Waals surface area contributed by atoms with Gasteiger partial charge in [0.2, 0.25) is 0 Å². The third-order valence-corrected chi connectivity index (χ3v) is 4.31. The van der Waals surface area contributed by atoms with E-state index in [1.165, 1.54) is 23.9 Å². The van der Waals surface area contributed by atoms with Crippen molar-refractivity contribution in [3.63, 3.8) is 0 Å². The molecule has 0 amide bonds. The Morgan fingerprint density at radius 3 is 2.67 bits per heavy atom. The first-order chi connectivity index (χ1) is 11.7. The van der Waals surface area contributed by atoms with Crippen molar-refractivity contribution in [2.24, 2.45) is 0 Å². The molecule has 0 spiro atoms. The summed E-state index contributed by atoms with van der Waals surface area (Å²) in [5.74, 6) is 0.0511. The Hall–Kier alpha value is -2.38. The summed E-state index contributed by atoms with van der Waals surface area (Å²) in [4.78, 5) is 0. The molecule has 5 nitrogen and oxygen atoms in total. The summed E-state index contributed by atoms with van der Waals surface area (Å²) in [6.45, 7) is 0.00735. The summed E-state index contributed by atoms with van der Waals surface area (Å²) in [6.07, 6.45) is 0.871. The summed E-state index contributed by atoms with van der Waals surface area (Å²) in [6, 6.07) is 15.8. The van der Waals surface area contributed by atoms with E-state index in [-0.39, 0.29) is 12.4 Å². The van der Waals surface area contributed by atoms with Crippen molar-refractivity contribution in [1.82, 2.24) is 14.8 Å². The number of aliphatic hydroxyl groups is 1. The van der Waals surface area contributed by atoms with Crippen LogP contribution in [0.2, 0.25) is 0 Å². The van der Waals surface area contributed by atoms with Crippen LogP contribution in [0.1, 0.15) is 0 Å². The highest BCUT2D eigenvalue weighted by molar-refractivity contribution is 7.99. The van der Waals surface area contributed by atoms with Gasteiger partial charge in [-0.3, -0.25) is 4.57 Å². The fourth-order valence-electron chi connectivity index (χ4n) is 2.06. The van der Waals surface area contributed by atoms with Crippen molar-refractivity contribution < 1.29 is 14.2 Å². The Kier molecular flexibility index (Phi) is 5.45. The molecule has 3 aromatic rings. The molecule has 1 aromatic heterocycles. The molecular formula is C17H16FN3O2S. The first-order valence-corrected chi connectivity index (χ1v) is 8.36. The quantitative estimate of drug-likeness (QED) is 0.667. The topological polar surface area (TPSA) is 60.2 Å². The summed E-state index contributed by atoms with van der Waals surface area (Å²) >= 11 is 1.36. The fourth-order valence-corrected chi connectivity index (χ4v) is 2.89. The molecule has 1 heterocycles. The van der Waals surface area contributed by atoms with E-state index in [4.69, 9.17) is 4.74 Å². The normalized spacial score (nSPS) is 12.1.